The molecule has 0 heterocycles. The minimum Gasteiger partial charge on any atom is -0.508 e. The van der Waals surface area contributed by atoms with Crippen LogP contribution in [0.2, 0.25) is 0 Å². The Kier molecular flexibility index (Phi) is 35.4. The van der Waals surface area contributed by atoms with Gasteiger partial charge in [0.25, 0.3) is 0 Å². The molecule has 0 aromatic heterocycles. The van der Waals surface area contributed by atoms with Crippen LogP contribution in [0.5, 0.6) is 46.0 Å². The maximum atomic E-state index is 12.3. The Morgan fingerprint density at radius 2 is 0.767 bits per heavy atom. The largest absolute Gasteiger partial charge is 0.508 e. The topological polar surface area (TPSA) is 312 Å². The highest BCUT2D eigenvalue weighted by Crippen LogP contribution is 2.31. The number of esters is 1. The fourth-order valence-corrected chi connectivity index (χ4v) is 7.30. The van der Waals surface area contributed by atoms with Gasteiger partial charge in [0.15, 0.2) is 34.5 Å². The molecule has 7 aromatic rings. The number of hydrogen-bond acceptors (Lipinski definition) is 19. The second-order valence-corrected chi connectivity index (χ2v) is 17.9. The molecule has 474 valence electrons. The van der Waals surface area contributed by atoms with Gasteiger partial charge in [-0.25, -0.2) is 14.4 Å². The molecule has 0 saturated carbocycles. The van der Waals surface area contributed by atoms with Gasteiger partial charge in [0.2, 0.25) is 0 Å². The summed E-state index contributed by atoms with van der Waals surface area (Å²) < 4.78 is 53.0. The molecule has 0 spiro atoms. The number of aliphatic hydroxyl groups excluding tert-OH is 2. The predicted molar refractivity (Wildman–Crippen MR) is 339 cm³/mol. The van der Waals surface area contributed by atoms with Crippen LogP contribution in [-0.4, -0.2) is 149 Å². The zero-order valence-electron chi connectivity index (χ0n) is 49.3. The Bertz CT molecular complexity index is 3430. The first kappa shape index (κ1) is 73.8. The van der Waals surface area contributed by atoms with E-state index < -0.39 is 17.9 Å². The fraction of sp³-hybridized carbons (Fsp3) is 0.232. The van der Waals surface area contributed by atoms with Gasteiger partial charge >= 0.3 is 17.9 Å². The molecule has 7 rings (SSSR count). The number of aromatic hydroxyl groups is 2. The Labute approximate surface area is 523 Å². The van der Waals surface area contributed by atoms with Gasteiger partial charge in [-0.2, -0.15) is 10.5 Å². The van der Waals surface area contributed by atoms with Crippen molar-refractivity contribution >= 4 is 36.1 Å². The summed E-state index contributed by atoms with van der Waals surface area (Å²) in [5, 5.41) is 70.1. The van der Waals surface area contributed by atoms with Gasteiger partial charge in [-0.1, -0.05) is 74.2 Å². The Morgan fingerprint density at radius 3 is 1.14 bits per heavy atom. The molecule has 21 heteroatoms. The van der Waals surface area contributed by atoms with E-state index in [1.165, 1.54) is 38.5 Å². The van der Waals surface area contributed by atoms with Crippen LogP contribution in [0.25, 0.3) is 40.5 Å². The quantitative estimate of drug-likeness (QED) is 0.0105. The molecule has 0 aliphatic carbocycles. The lowest BCUT2D eigenvalue weighted by molar-refractivity contribution is -0.132. The first-order valence-corrected chi connectivity index (χ1v) is 27.4. The number of nitriles is 2. The van der Waals surface area contributed by atoms with E-state index in [0.29, 0.717) is 123 Å². The lowest BCUT2D eigenvalue weighted by Crippen LogP contribution is -2.12. The lowest BCUT2D eigenvalue weighted by Gasteiger charge is -2.11. The van der Waals surface area contributed by atoms with Crippen LogP contribution in [0.15, 0.2) is 170 Å². The number of methoxy groups -OCH3 is 3. The number of carbonyl (C=O) groups excluding carboxylic acids is 1. The van der Waals surface area contributed by atoms with E-state index in [0.717, 1.165) is 40.0 Å². The van der Waals surface area contributed by atoms with E-state index in [9.17, 15) is 19.5 Å². The second-order valence-electron chi connectivity index (χ2n) is 17.9. The van der Waals surface area contributed by atoms with Crippen molar-refractivity contribution in [2.45, 2.75) is 7.43 Å². The Morgan fingerprint density at radius 1 is 0.422 bits per heavy atom. The van der Waals surface area contributed by atoms with E-state index in [1.54, 1.807) is 110 Å². The fourth-order valence-electron chi connectivity index (χ4n) is 7.30. The minimum atomic E-state index is -1.02. The van der Waals surface area contributed by atoms with Gasteiger partial charge in [-0.3, -0.25) is 0 Å². The van der Waals surface area contributed by atoms with Crippen LogP contribution < -0.4 is 28.4 Å². The third-order valence-corrected chi connectivity index (χ3v) is 11.6. The van der Waals surface area contributed by atoms with Gasteiger partial charge in [0, 0.05) is 18.2 Å². The molecule has 0 unspecified atom stereocenters. The molecule has 0 radical (unpaired) electrons. The highest BCUT2D eigenvalue weighted by Gasteiger charge is 2.09. The van der Waals surface area contributed by atoms with Crippen molar-refractivity contribution in [1.29, 1.82) is 10.5 Å². The third-order valence-electron chi connectivity index (χ3n) is 11.6. The molecule has 0 bridgehead atoms. The van der Waals surface area contributed by atoms with E-state index in [2.05, 4.69) is 12.1 Å². The average molecular weight is 1240 g/mol. The molecule has 0 fully saturated rings. The summed E-state index contributed by atoms with van der Waals surface area (Å²) in [6.07, 6.45) is 7.95. The maximum absolute atomic E-state index is 12.3. The molecular weight excluding hydrogens is 1160 g/mol. The first-order valence-electron chi connectivity index (χ1n) is 27.4. The molecule has 0 saturated heterocycles. The summed E-state index contributed by atoms with van der Waals surface area (Å²) in [5.74, 6) is 0.654. The van der Waals surface area contributed by atoms with E-state index in [1.807, 2.05) is 48.5 Å². The standard InChI is InChI=1S/C29H29NO7.C16H22O7.C13H9NO.C10H10O4.CH4/c1-33-28-20-22(4-12-27(28)36-19-18-35-17-16-34-15-14-31)5-13-29(32)37-26-10-8-25(9-11-26)24-6-2-23(21-30)3-7-24;1-20-15-12-13(3-5-16(18)19)2-4-14(15)23-11-10-22-9-8-21-7-6-17;14-9-10-1-3-11(4-2-10)12-5-7-13(15)8-6-12;1-14-9-6-7(2-4-8(9)11)3-5-10(12)13;/h2-13,20,31H,14-19H2,1H3;2-5,12,17H,6-11H2,1H3,(H,18,19);1-8,15H;2-6,11H,1H3,(H,12,13);1H4/b13-5+;5-3+;;5-3+;. The number of ether oxygens (including phenoxy) is 10. The summed E-state index contributed by atoms with van der Waals surface area (Å²) in [6, 6.07) is 48.0. The summed E-state index contributed by atoms with van der Waals surface area (Å²) in [7, 11) is 4.49. The lowest BCUT2D eigenvalue weighted by atomic mass is 10.0. The van der Waals surface area contributed by atoms with E-state index in [4.69, 9.17) is 83.4 Å². The normalized spacial score (nSPS) is 10.4. The van der Waals surface area contributed by atoms with Gasteiger partial charge in [-0.15, -0.1) is 0 Å². The molecule has 0 atom stereocenters. The average Bonchev–Trinajstić information content (AvgIpc) is 3.75. The van der Waals surface area contributed by atoms with Gasteiger partial charge < -0.3 is 78.0 Å². The van der Waals surface area contributed by atoms with Crippen molar-refractivity contribution in [2.75, 3.05) is 101 Å². The number of nitrogens with zero attached hydrogens (tertiary/aromatic N) is 2. The van der Waals surface area contributed by atoms with E-state index in [-0.39, 0.29) is 32.1 Å². The molecule has 7 aromatic carbocycles. The van der Waals surface area contributed by atoms with Gasteiger partial charge in [-0.05, 0) is 142 Å². The molecule has 0 aliphatic rings. The van der Waals surface area contributed by atoms with Crippen LogP contribution in [0.1, 0.15) is 35.2 Å². The zero-order valence-corrected chi connectivity index (χ0v) is 49.3. The number of hydrogen-bond donors (Lipinski definition) is 6. The molecule has 0 amide bonds. The molecule has 0 aliphatic heterocycles. The highest BCUT2D eigenvalue weighted by atomic mass is 16.6. The van der Waals surface area contributed by atoms with Crippen molar-refractivity contribution in [2.24, 2.45) is 0 Å². The molecular formula is C69H74N2O19. The SMILES string of the molecule is C.COc1cc(/C=C/C(=O)O)ccc1O.COc1cc(/C=C/C(=O)O)ccc1OCCOCCOCCO.COc1cc(/C=C/C(=O)Oc2ccc(-c3ccc(C#N)cc3)cc2)ccc1OCCOCCOCCO.N#Cc1ccc(-c2ccc(O)cc2)cc1. The second kappa shape index (κ2) is 43.2. The highest BCUT2D eigenvalue weighted by molar-refractivity contribution is 5.89. The van der Waals surface area contributed by atoms with Crippen LogP contribution in [0, 0.1) is 22.7 Å². The van der Waals surface area contributed by atoms with Crippen molar-refractivity contribution in [3.8, 4) is 80.4 Å². The Balaban J connectivity index is 0.000000340. The van der Waals surface area contributed by atoms with Crippen molar-refractivity contribution in [3.63, 3.8) is 0 Å². The maximum Gasteiger partial charge on any atom is 0.336 e. The van der Waals surface area contributed by atoms with Crippen LogP contribution >= 0.6 is 0 Å². The number of carboxylic acids is 2. The smallest absolute Gasteiger partial charge is 0.336 e. The summed E-state index contributed by atoms with van der Waals surface area (Å²) in [5.41, 5.74) is 7.33. The van der Waals surface area contributed by atoms with Crippen molar-refractivity contribution in [1.82, 2.24) is 0 Å². The number of carbonyl (C=O) groups is 3. The van der Waals surface area contributed by atoms with Crippen LogP contribution in [0.4, 0.5) is 0 Å². The van der Waals surface area contributed by atoms with Crippen LogP contribution in [0.3, 0.4) is 0 Å². The number of aliphatic hydroxyl groups is 2. The minimum absolute atomic E-state index is 0. The van der Waals surface area contributed by atoms with Crippen molar-refractivity contribution < 1.29 is 92.4 Å². The number of rotatable bonds is 30. The number of benzene rings is 7. The Hall–Kier alpha value is -10.5. The molecule has 6 N–H and O–H groups in total. The number of aliphatic carboxylic acids is 2. The summed E-state index contributed by atoms with van der Waals surface area (Å²) >= 11 is 0. The molecule has 90 heavy (non-hydrogen) atoms. The van der Waals surface area contributed by atoms with Crippen molar-refractivity contribution in [3.05, 3.63) is 198 Å². The predicted octanol–water partition coefficient (Wildman–Crippen LogP) is 10.5. The van der Waals surface area contributed by atoms with Crippen LogP contribution in [-0.2, 0) is 33.3 Å². The summed E-state index contributed by atoms with van der Waals surface area (Å²) in [6.45, 7) is 3.74. The number of phenolic OH excluding ortho intramolecular Hbond substituents is 2. The third kappa shape index (κ3) is 28.8. The number of phenols is 2. The van der Waals surface area contributed by atoms with Gasteiger partial charge in [0.05, 0.1) is 111 Å². The first-order chi connectivity index (χ1) is 43.2. The zero-order chi connectivity index (χ0) is 64.4. The van der Waals surface area contributed by atoms with Gasteiger partial charge in [0.1, 0.15) is 24.7 Å². The molecule has 21 nitrogen and oxygen atoms in total. The monoisotopic (exact) mass is 1230 g/mol. The summed E-state index contributed by atoms with van der Waals surface area (Å²) in [4.78, 5) is 33.0. The number of carboxylic acid groups (broad SMARTS) is 2. The van der Waals surface area contributed by atoms with E-state index >= 15 is 0 Å².